The molecule has 2 aromatic rings. The number of aromatic nitrogens is 1. The number of hydrogen-bond donors (Lipinski definition) is 2. The van der Waals surface area contributed by atoms with Crippen molar-refractivity contribution in [1.82, 2.24) is 4.98 Å². The quantitative estimate of drug-likeness (QED) is 0.583. The van der Waals surface area contributed by atoms with Crippen LogP contribution in [0.2, 0.25) is 0 Å². The molecule has 25 heavy (non-hydrogen) atoms. The van der Waals surface area contributed by atoms with Gasteiger partial charge in [-0.25, -0.2) is 4.98 Å². The molecule has 5 heteroatoms. The van der Waals surface area contributed by atoms with Gasteiger partial charge < -0.3 is 15.8 Å². The number of carbonyl (C=O) groups excluding carboxylic acids is 1. The monoisotopic (exact) mass is 339 g/mol. The molecule has 0 atom stereocenters. The first-order chi connectivity index (χ1) is 12.0. The number of aryl methyl sites for hydroxylation is 2. The van der Waals surface area contributed by atoms with Crippen LogP contribution in [0.15, 0.2) is 42.5 Å². The maximum Gasteiger partial charge on any atom is 0.259 e. The van der Waals surface area contributed by atoms with Crippen LogP contribution in [-0.2, 0) is 0 Å². The van der Waals surface area contributed by atoms with Crippen LogP contribution >= 0.6 is 0 Å². The van der Waals surface area contributed by atoms with E-state index in [0.717, 1.165) is 24.1 Å². The van der Waals surface area contributed by atoms with Crippen molar-refractivity contribution in [3.05, 3.63) is 59.3 Å². The third-order valence-corrected chi connectivity index (χ3v) is 3.79. The maximum absolute atomic E-state index is 12.5. The smallest absolute Gasteiger partial charge is 0.259 e. The number of benzene rings is 1. The van der Waals surface area contributed by atoms with Crippen LogP contribution in [0.4, 0.5) is 11.5 Å². The Hall–Kier alpha value is -2.82. The standard InChI is InChI=1S/C20H25N3O2/c1-4-5-6-7-11-25-17-10-8-9-16(13-17)23-20(24)18-12-14(2)15(3)22-19(18)21/h5-6,8-10,12-13H,4,7,11H2,1-3H3,(H2,21,22)(H,23,24). The van der Waals surface area contributed by atoms with E-state index in [9.17, 15) is 4.79 Å². The Kier molecular flexibility index (Phi) is 6.57. The molecule has 0 bridgehead atoms. The van der Waals surface area contributed by atoms with Gasteiger partial charge in [0, 0.05) is 17.4 Å². The summed E-state index contributed by atoms with van der Waals surface area (Å²) in [5.74, 6) is 0.667. The summed E-state index contributed by atoms with van der Waals surface area (Å²) in [7, 11) is 0. The zero-order chi connectivity index (χ0) is 18.2. The van der Waals surface area contributed by atoms with Gasteiger partial charge in [0.15, 0.2) is 0 Å². The molecule has 0 aliphatic carbocycles. The number of nitrogens with two attached hydrogens (primary N) is 1. The van der Waals surface area contributed by atoms with Gasteiger partial charge in [0.1, 0.15) is 11.6 Å². The highest BCUT2D eigenvalue weighted by molar-refractivity contribution is 6.07. The number of allylic oxidation sites excluding steroid dienone is 1. The van der Waals surface area contributed by atoms with Crippen LogP contribution in [0.25, 0.3) is 0 Å². The summed E-state index contributed by atoms with van der Waals surface area (Å²) < 4.78 is 5.70. The van der Waals surface area contributed by atoms with Crippen molar-refractivity contribution < 1.29 is 9.53 Å². The minimum atomic E-state index is -0.281. The number of ether oxygens (including phenoxy) is 1. The second-order valence-electron chi connectivity index (χ2n) is 5.82. The van der Waals surface area contributed by atoms with Gasteiger partial charge in [0.2, 0.25) is 0 Å². The topological polar surface area (TPSA) is 77.2 Å². The molecule has 2 rings (SSSR count). The van der Waals surface area contributed by atoms with Crippen LogP contribution in [0.3, 0.4) is 0 Å². The lowest BCUT2D eigenvalue weighted by molar-refractivity contribution is 0.102. The first-order valence-electron chi connectivity index (χ1n) is 8.44. The summed E-state index contributed by atoms with van der Waals surface area (Å²) in [5, 5.41) is 2.84. The van der Waals surface area contributed by atoms with Crippen molar-refractivity contribution in [3.8, 4) is 5.75 Å². The lowest BCUT2D eigenvalue weighted by atomic mass is 10.1. The van der Waals surface area contributed by atoms with Gasteiger partial charge in [0.05, 0.1) is 12.2 Å². The largest absolute Gasteiger partial charge is 0.493 e. The van der Waals surface area contributed by atoms with Crippen LogP contribution in [0.1, 0.15) is 41.4 Å². The molecule has 1 aromatic heterocycles. The third kappa shape index (κ3) is 5.35. The highest BCUT2D eigenvalue weighted by atomic mass is 16.5. The van der Waals surface area contributed by atoms with E-state index in [1.807, 2.05) is 32.0 Å². The molecule has 0 unspecified atom stereocenters. The van der Waals surface area contributed by atoms with Gasteiger partial charge in [-0.2, -0.15) is 0 Å². The zero-order valence-electron chi connectivity index (χ0n) is 15.0. The summed E-state index contributed by atoms with van der Waals surface area (Å²) >= 11 is 0. The van der Waals surface area contributed by atoms with Crippen LogP contribution in [0, 0.1) is 13.8 Å². The second kappa shape index (κ2) is 8.87. The molecule has 0 fully saturated rings. The Balaban J connectivity index is 2.03. The highest BCUT2D eigenvalue weighted by Gasteiger charge is 2.13. The van der Waals surface area contributed by atoms with E-state index in [-0.39, 0.29) is 11.7 Å². The number of hydrogen-bond acceptors (Lipinski definition) is 4. The van der Waals surface area contributed by atoms with Gasteiger partial charge in [0.25, 0.3) is 5.91 Å². The molecule has 0 saturated heterocycles. The predicted octanol–water partition coefficient (Wildman–Crippen LogP) is 4.27. The first-order valence-corrected chi connectivity index (χ1v) is 8.44. The number of carbonyl (C=O) groups is 1. The van der Waals surface area contributed by atoms with Crippen molar-refractivity contribution in [2.45, 2.75) is 33.6 Å². The summed E-state index contributed by atoms with van der Waals surface area (Å²) in [6, 6.07) is 9.08. The Labute approximate surface area is 148 Å². The number of anilines is 2. The number of pyridine rings is 1. The first kappa shape index (κ1) is 18.5. The fourth-order valence-corrected chi connectivity index (χ4v) is 2.30. The molecule has 3 N–H and O–H groups in total. The fourth-order valence-electron chi connectivity index (χ4n) is 2.30. The molecule has 0 spiro atoms. The summed E-state index contributed by atoms with van der Waals surface area (Å²) in [5.41, 5.74) is 8.66. The summed E-state index contributed by atoms with van der Waals surface area (Å²) in [4.78, 5) is 16.7. The van der Waals surface area contributed by atoms with Crippen LogP contribution in [-0.4, -0.2) is 17.5 Å². The van der Waals surface area contributed by atoms with Crippen molar-refractivity contribution in [2.24, 2.45) is 0 Å². The van der Waals surface area contributed by atoms with E-state index in [2.05, 4.69) is 29.4 Å². The average molecular weight is 339 g/mol. The fraction of sp³-hybridized carbons (Fsp3) is 0.300. The lowest BCUT2D eigenvalue weighted by Gasteiger charge is -2.11. The SMILES string of the molecule is CCC=CCCOc1cccc(NC(=O)c2cc(C)c(C)nc2N)c1. The van der Waals surface area contributed by atoms with E-state index in [1.165, 1.54) is 0 Å². The molecule has 132 valence electrons. The van der Waals surface area contributed by atoms with Crippen molar-refractivity contribution >= 4 is 17.4 Å². The molecule has 0 aliphatic rings. The molecule has 5 nitrogen and oxygen atoms in total. The van der Waals surface area contributed by atoms with Crippen molar-refractivity contribution in [2.75, 3.05) is 17.7 Å². The number of nitrogens with zero attached hydrogens (tertiary/aromatic N) is 1. The van der Waals surface area contributed by atoms with Crippen LogP contribution in [0.5, 0.6) is 5.75 Å². The van der Waals surface area contributed by atoms with Gasteiger partial charge in [-0.1, -0.05) is 25.1 Å². The Morgan fingerprint density at radius 1 is 1.28 bits per heavy atom. The number of rotatable bonds is 7. The van der Waals surface area contributed by atoms with Gasteiger partial charge >= 0.3 is 0 Å². The second-order valence-corrected chi connectivity index (χ2v) is 5.82. The van der Waals surface area contributed by atoms with E-state index in [4.69, 9.17) is 10.5 Å². The van der Waals surface area contributed by atoms with E-state index in [1.54, 1.807) is 12.1 Å². The van der Waals surface area contributed by atoms with E-state index >= 15 is 0 Å². The van der Waals surface area contributed by atoms with Crippen LogP contribution < -0.4 is 15.8 Å². The maximum atomic E-state index is 12.5. The summed E-state index contributed by atoms with van der Waals surface area (Å²) in [6.07, 6.45) is 6.09. The number of nitrogens with one attached hydrogen (secondary N) is 1. The van der Waals surface area contributed by atoms with E-state index < -0.39 is 0 Å². The normalized spacial score (nSPS) is 10.8. The van der Waals surface area contributed by atoms with E-state index in [0.29, 0.717) is 23.6 Å². The molecule has 1 amide bonds. The molecular weight excluding hydrogens is 314 g/mol. The number of nitrogen functional groups attached to an aromatic ring is 1. The average Bonchev–Trinajstić information content (AvgIpc) is 2.58. The molecule has 1 aromatic carbocycles. The highest BCUT2D eigenvalue weighted by Crippen LogP contribution is 2.20. The minimum absolute atomic E-state index is 0.232. The Morgan fingerprint density at radius 3 is 2.84 bits per heavy atom. The molecule has 0 aliphatic heterocycles. The Morgan fingerprint density at radius 2 is 2.08 bits per heavy atom. The van der Waals surface area contributed by atoms with Gasteiger partial charge in [-0.3, -0.25) is 4.79 Å². The molecular formula is C20H25N3O2. The predicted molar refractivity (Wildman–Crippen MR) is 102 cm³/mol. The minimum Gasteiger partial charge on any atom is -0.493 e. The van der Waals surface area contributed by atoms with Gasteiger partial charge in [-0.05, 0) is 50.5 Å². The summed E-state index contributed by atoms with van der Waals surface area (Å²) in [6.45, 7) is 6.47. The molecule has 0 saturated carbocycles. The zero-order valence-corrected chi connectivity index (χ0v) is 15.0. The van der Waals surface area contributed by atoms with Crippen molar-refractivity contribution in [3.63, 3.8) is 0 Å². The lowest BCUT2D eigenvalue weighted by Crippen LogP contribution is -2.16. The van der Waals surface area contributed by atoms with Crippen molar-refractivity contribution in [1.29, 1.82) is 0 Å². The Bertz CT molecular complexity index is 770. The number of amides is 1. The molecule has 0 radical (unpaired) electrons. The van der Waals surface area contributed by atoms with Gasteiger partial charge in [-0.15, -0.1) is 0 Å². The molecule has 1 heterocycles. The third-order valence-electron chi connectivity index (χ3n) is 3.79.